The van der Waals surface area contributed by atoms with E-state index in [-0.39, 0.29) is 26.1 Å². The maximum absolute atomic E-state index is 12.7. The second kappa shape index (κ2) is 37.2. The van der Waals surface area contributed by atoms with E-state index in [0.717, 1.165) is 32.1 Å². The Bertz CT molecular complexity index is 1120. The van der Waals surface area contributed by atoms with Crippen LogP contribution < -0.4 is 0 Å². The van der Waals surface area contributed by atoms with Crippen LogP contribution in [0.15, 0.2) is 48.6 Å². The largest absolute Gasteiger partial charge is 0.472 e. The first-order valence-corrected chi connectivity index (χ1v) is 23.5. The first-order valence-electron chi connectivity index (χ1n) is 22.0. The third kappa shape index (κ3) is 40.1. The van der Waals surface area contributed by atoms with Crippen molar-refractivity contribution in [2.24, 2.45) is 0 Å². The number of phosphoric acid groups is 1. The number of hydrogen-bond donors (Lipinski definition) is 2. The van der Waals surface area contributed by atoms with Gasteiger partial charge in [-0.05, 0) is 44.9 Å². The average Bonchev–Trinajstić information content (AvgIpc) is 3.14. The van der Waals surface area contributed by atoms with Crippen LogP contribution in [0.2, 0.25) is 0 Å². The number of likely N-dealkylation sites (N-methyl/N-ethyl adjacent to an activating group) is 1. The molecule has 0 bridgehead atoms. The maximum Gasteiger partial charge on any atom is 0.472 e. The Morgan fingerprint density at radius 3 is 1.82 bits per heavy atom. The van der Waals surface area contributed by atoms with E-state index in [1.165, 1.54) is 89.9 Å². The van der Waals surface area contributed by atoms with E-state index in [4.69, 9.17) is 18.5 Å². The maximum atomic E-state index is 12.7. The molecule has 1 unspecified atom stereocenters. The van der Waals surface area contributed by atoms with Gasteiger partial charge in [-0.2, -0.15) is 0 Å². The fraction of sp³-hybridized carbons (Fsp3) is 0.778. The molecule has 0 saturated heterocycles. The molecule has 0 saturated carbocycles. The van der Waals surface area contributed by atoms with Crippen molar-refractivity contribution >= 4 is 19.8 Å². The number of ether oxygens (including phenoxy) is 2. The predicted octanol–water partition coefficient (Wildman–Crippen LogP) is 11.3. The molecule has 3 atom stereocenters. The summed E-state index contributed by atoms with van der Waals surface area (Å²) in [5, 5.41) is 10.0. The molecule has 11 heteroatoms. The smallest absolute Gasteiger partial charge is 0.462 e. The molecule has 0 heterocycles. The number of hydrogen-bond acceptors (Lipinski definition) is 8. The van der Waals surface area contributed by atoms with E-state index in [1.54, 1.807) is 6.08 Å². The number of carbonyl (C=O) groups excluding carboxylic acids is 2. The van der Waals surface area contributed by atoms with Crippen molar-refractivity contribution in [1.29, 1.82) is 0 Å². The fourth-order valence-corrected chi connectivity index (χ4v) is 6.42. The van der Waals surface area contributed by atoms with Crippen molar-refractivity contribution in [3.05, 3.63) is 48.6 Å². The second-order valence-electron chi connectivity index (χ2n) is 15.9. The van der Waals surface area contributed by atoms with E-state index in [9.17, 15) is 24.2 Å². The second-order valence-corrected chi connectivity index (χ2v) is 17.4. The van der Waals surface area contributed by atoms with Gasteiger partial charge in [0.1, 0.15) is 19.8 Å². The van der Waals surface area contributed by atoms with Crippen LogP contribution in [0, 0.1) is 0 Å². The van der Waals surface area contributed by atoms with Gasteiger partial charge < -0.3 is 24.0 Å². The summed E-state index contributed by atoms with van der Waals surface area (Å²) < 4.78 is 34.2. The van der Waals surface area contributed by atoms with Crippen molar-refractivity contribution in [1.82, 2.24) is 0 Å². The number of phosphoric ester groups is 1. The SMILES string of the molecule is CCCCC/C=C\C[C@H](O)/C=C/C=C\C/C=C\CCCC(=O)O[C@H](COC(=O)CCCCCCCCCCCCCCCC)COP(=O)(O)OCC[N+](C)(C)C. The van der Waals surface area contributed by atoms with E-state index in [1.807, 2.05) is 57.6 Å². The van der Waals surface area contributed by atoms with E-state index in [0.29, 0.717) is 30.3 Å². The molecule has 0 fully saturated rings. The van der Waals surface area contributed by atoms with Crippen LogP contribution in [-0.4, -0.2) is 86.1 Å². The van der Waals surface area contributed by atoms with Gasteiger partial charge in [0.2, 0.25) is 0 Å². The molecular formula is C45H83NO9P+. The number of allylic oxidation sites excluding steroid dienone is 6. The lowest BCUT2D eigenvalue weighted by Gasteiger charge is -2.24. The zero-order chi connectivity index (χ0) is 41.6. The average molecular weight is 813 g/mol. The molecule has 56 heavy (non-hydrogen) atoms. The summed E-state index contributed by atoms with van der Waals surface area (Å²) in [5.74, 6) is -0.902. The minimum absolute atomic E-state index is 0.0101. The molecule has 0 aliphatic heterocycles. The van der Waals surface area contributed by atoms with Crippen molar-refractivity contribution in [2.75, 3.05) is 47.5 Å². The minimum atomic E-state index is -4.40. The summed E-state index contributed by atoms with van der Waals surface area (Å²) in [6, 6.07) is 0. The minimum Gasteiger partial charge on any atom is -0.462 e. The third-order valence-electron chi connectivity index (χ3n) is 9.19. The molecule has 0 rings (SSSR count). The number of aliphatic hydroxyl groups is 1. The Labute approximate surface area is 342 Å². The van der Waals surface area contributed by atoms with Gasteiger partial charge >= 0.3 is 19.8 Å². The highest BCUT2D eigenvalue weighted by Gasteiger charge is 2.27. The van der Waals surface area contributed by atoms with Gasteiger partial charge in [-0.3, -0.25) is 18.6 Å². The topological polar surface area (TPSA) is 129 Å². The van der Waals surface area contributed by atoms with E-state index < -0.39 is 38.6 Å². The fourth-order valence-electron chi connectivity index (χ4n) is 5.68. The monoisotopic (exact) mass is 813 g/mol. The summed E-state index contributed by atoms with van der Waals surface area (Å²) in [7, 11) is 1.40. The van der Waals surface area contributed by atoms with E-state index >= 15 is 0 Å². The number of carbonyl (C=O) groups is 2. The Kier molecular flexibility index (Phi) is 35.8. The number of unbranched alkanes of at least 4 members (excludes halogenated alkanes) is 17. The molecule has 326 valence electrons. The standard InChI is InChI=1S/C45H82NO9P/c1-6-8-10-12-14-15-16-17-18-19-20-24-28-32-36-44(48)52-40-43(41-54-56(50,51)53-39-38-46(3,4)5)55-45(49)37-33-29-25-22-21-23-27-31-35-42(47)34-30-26-13-11-9-7-2/h22-23,25-27,30-31,35,42-43,47H,6-21,24,28-29,32-34,36-41H2,1-5H3/p+1/b25-22-,27-23-,30-26-,35-31+/t42-,43+/m0/s1. The number of esters is 2. The molecule has 2 N–H and O–H groups in total. The Morgan fingerprint density at radius 1 is 0.643 bits per heavy atom. The lowest BCUT2D eigenvalue weighted by molar-refractivity contribution is -0.870. The summed E-state index contributed by atoms with van der Waals surface area (Å²) >= 11 is 0. The number of nitrogens with zero attached hydrogens (tertiary/aromatic N) is 1. The highest BCUT2D eigenvalue weighted by molar-refractivity contribution is 7.47. The highest BCUT2D eigenvalue weighted by Crippen LogP contribution is 2.43. The normalized spacial score (nSPS) is 14.6. The summed E-state index contributed by atoms with van der Waals surface area (Å²) in [5.41, 5.74) is 0. The molecule has 0 aromatic carbocycles. The lowest BCUT2D eigenvalue weighted by atomic mass is 10.0. The van der Waals surface area contributed by atoms with E-state index in [2.05, 4.69) is 19.9 Å². The van der Waals surface area contributed by atoms with Gasteiger partial charge in [-0.15, -0.1) is 0 Å². The Morgan fingerprint density at radius 2 is 1.20 bits per heavy atom. The molecule has 0 radical (unpaired) electrons. The van der Waals surface area contributed by atoms with Crippen LogP contribution in [0.25, 0.3) is 0 Å². The first-order chi connectivity index (χ1) is 26.9. The predicted molar refractivity (Wildman–Crippen MR) is 230 cm³/mol. The summed E-state index contributed by atoms with van der Waals surface area (Å²) in [6.45, 7) is 4.23. The van der Waals surface area contributed by atoms with Crippen LogP contribution >= 0.6 is 7.82 Å². The molecule has 10 nitrogen and oxygen atoms in total. The molecule has 0 aromatic heterocycles. The zero-order valence-corrected chi connectivity index (χ0v) is 37.1. The van der Waals surface area contributed by atoms with Crippen molar-refractivity contribution in [3.63, 3.8) is 0 Å². The Balaban J connectivity index is 4.53. The van der Waals surface area contributed by atoms with Crippen LogP contribution in [0.1, 0.15) is 168 Å². The van der Waals surface area contributed by atoms with Gasteiger partial charge in [-0.1, -0.05) is 159 Å². The summed E-state index contributed by atoms with van der Waals surface area (Å²) in [6.07, 6.45) is 39.0. The molecule has 0 aromatic rings. The van der Waals surface area contributed by atoms with Crippen molar-refractivity contribution in [2.45, 2.75) is 180 Å². The molecule has 0 aliphatic rings. The quantitative estimate of drug-likeness (QED) is 0.0156. The van der Waals surface area contributed by atoms with Crippen LogP contribution in [0.5, 0.6) is 0 Å². The number of rotatable bonds is 39. The molecule has 0 amide bonds. The number of aliphatic hydroxyl groups excluding tert-OH is 1. The van der Waals surface area contributed by atoms with Gasteiger partial charge in [0.05, 0.1) is 33.9 Å². The first kappa shape index (κ1) is 53.9. The van der Waals surface area contributed by atoms with Gasteiger partial charge in [0.15, 0.2) is 6.10 Å². The summed E-state index contributed by atoms with van der Waals surface area (Å²) in [4.78, 5) is 35.3. The van der Waals surface area contributed by atoms with Crippen molar-refractivity contribution in [3.8, 4) is 0 Å². The number of quaternary nitrogens is 1. The third-order valence-corrected chi connectivity index (χ3v) is 10.2. The van der Waals surface area contributed by atoms with Crippen LogP contribution in [0.4, 0.5) is 0 Å². The zero-order valence-electron chi connectivity index (χ0n) is 36.2. The van der Waals surface area contributed by atoms with Crippen LogP contribution in [-0.2, 0) is 32.7 Å². The van der Waals surface area contributed by atoms with Crippen LogP contribution in [0.3, 0.4) is 0 Å². The molecular weight excluding hydrogens is 729 g/mol. The van der Waals surface area contributed by atoms with Gasteiger partial charge in [0.25, 0.3) is 0 Å². The van der Waals surface area contributed by atoms with Crippen molar-refractivity contribution < 1.29 is 47.2 Å². The molecule has 0 spiro atoms. The lowest BCUT2D eigenvalue weighted by Crippen LogP contribution is -2.37. The molecule has 0 aliphatic carbocycles. The Hall–Kier alpha value is -2.07. The highest BCUT2D eigenvalue weighted by atomic mass is 31.2. The van der Waals surface area contributed by atoms with Gasteiger partial charge in [0, 0.05) is 12.8 Å². The van der Waals surface area contributed by atoms with Gasteiger partial charge in [-0.25, -0.2) is 4.57 Å².